The highest BCUT2D eigenvalue weighted by Crippen LogP contribution is 2.34. The lowest BCUT2D eigenvalue weighted by molar-refractivity contribution is -0.384. The minimum Gasteiger partial charge on any atom is -0.487 e. The number of nitrogens with zero attached hydrogens (tertiary/aromatic N) is 2. The number of non-ortho nitro benzene ring substituents is 1. The maximum atomic E-state index is 12.7. The Kier molecular flexibility index (Phi) is 3.50. The molecule has 0 radical (unpaired) electrons. The zero-order valence-electron chi connectivity index (χ0n) is 11.9. The maximum Gasteiger partial charge on any atom is 0.269 e. The van der Waals surface area contributed by atoms with E-state index in [1.807, 2.05) is 31.2 Å². The number of nitro groups is 1. The first-order valence-electron chi connectivity index (χ1n) is 6.88. The van der Waals surface area contributed by atoms with Crippen LogP contribution in [0, 0.1) is 10.1 Å². The van der Waals surface area contributed by atoms with Crippen molar-refractivity contribution < 1.29 is 14.5 Å². The minimum absolute atomic E-state index is 0.0349. The summed E-state index contributed by atoms with van der Waals surface area (Å²) in [6.07, 6.45) is -0.114. The van der Waals surface area contributed by atoms with Crippen LogP contribution < -0.4 is 9.64 Å². The van der Waals surface area contributed by atoms with Gasteiger partial charge in [-0.15, -0.1) is 0 Å². The molecule has 1 amide bonds. The summed E-state index contributed by atoms with van der Waals surface area (Å²) in [6.45, 7) is 2.33. The first kappa shape index (κ1) is 14.1. The van der Waals surface area contributed by atoms with Crippen molar-refractivity contribution in [1.29, 1.82) is 0 Å². The summed E-state index contributed by atoms with van der Waals surface area (Å²) in [5.41, 5.74) is 1.09. The van der Waals surface area contributed by atoms with Crippen LogP contribution in [-0.4, -0.2) is 23.5 Å². The third-order valence-electron chi connectivity index (χ3n) is 3.49. The molecule has 1 atom stereocenters. The van der Waals surface area contributed by atoms with Gasteiger partial charge < -0.3 is 9.64 Å². The van der Waals surface area contributed by atoms with Gasteiger partial charge in [-0.25, -0.2) is 0 Å². The maximum absolute atomic E-state index is 12.7. The summed E-state index contributed by atoms with van der Waals surface area (Å²) in [5, 5.41) is 10.7. The van der Waals surface area contributed by atoms with E-state index < -0.39 is 4.92 Å². The predicted molar refractivity (Wildman–Crippen MR) is 81.3 cm³/mol. The summed E-state index contributed by atoms with van der Waals surface area (Å²) in [4.78, 5) is 24.5. The van der Waals surface area contributed by atoms with Gasteiger partial charge in [-0.3, -0.25) is 14.9 Å². The first-order valence-corrected chi connectivity index (χ1v) is 6.88. The van der Waals surface area contributed by atoms with Gasteiger partial charge in [-0.1, -0.05) is 12.1 Å². The van der Waals surface area contributed by atoms with Crippen LogP contribution in [0.4, 0.5) is 11.4 Å². The van der Waals surface area contributed by atoms with Crippen molar-refractivity contribution in [2.24, 2.45) is 0 Å². The van der Waals surface area contributed by atoms with Gasteiger partial charge >= 0.3 is 0 Å². The van der Waals surface area contributed by atoms with E-state index in [-0.39, 0.29) is 17.7 Å². The number of rotatable bonds is 2. The molecule has 112 valence electrons. The molecule has 0 aromatic heterocycles. The van der Waals surface area contributed by atoms with E-state index in [2.05, 4.69) is 0 Å². The molecule has 2 aromatic rings. The Bertz CT molecular complexity index is 727. The van der Waals surface area contributed by atoms with E-state index in [0.29, 0.717) is 23.5 Å². The molecule has 2 aromatic carbocycles. The van der Waals surface area contributed by atoms with Crippen molar-refractivity contribution in [1.82, 2.24) is 0 Å². The van der Waals surface area contributed by atoms with Crippen molar-refractivity contribution in [3.05, 3.63) is 64.2 Å². The van der Waals surface area contributed by atoms with E-state index in [0.717, 1.165) is 0 Å². The number of nitro benzene ring substituents is 1. The molecule has 0 aliphatic carbocycles. The van der Waals surface area contributed by atoms with Gasteiger partial charge in [-0.05, 0) is 31.2 Å². The van der Waals surface area contributed by atoms with Crippen molar-refractivity contribution in [3.63, 3.8) is 0 Å². The highest BCUT2D eigenvalue weighted by molar-refractivity contribution is 6.07. The predicted octanol–water partition coefficient (Wildman–Crippen LogP) is 3.02. The Morgan fingerprint density at radius 2 is 1.91 bits per heavy atom. The number of fused-ring (bicyclic) bond motifs is 1. The minimum atomic E-state index is -0.486. The van der Waals surface area contributed by atoms with Crippen LogP contribution in [0.25, 0.3) is 0 Å². The second-order valence-electron chi connectivity index (χ2n) is 5.12. The zero-order chi connectivity index (χ0) is 15.7. The normalized spacial score (nSPS) is 16.6. The van der Waals surface area contributed by atoms with Crippen LogP contribution in [0.2, 0.25) is 0 Å². The number of amides is 1. The van der Waals surface area contributed by atoms with Crippen LogP contribution in [0.5, 0.6) is 5.75 Å². The summed E-state index contributed by atoms with van der Waals surface area (Å²) in [5.74, 6) is 0.467. The Labute approximate surface area is 127 Å². The fourth-order valence-electron chi connectivity index (χ4n) is 2.46. The van der Waals surface area contributed by atoms with Crippen molar-refractivity contribution in [2.75, 3.05) is 11.4 Å². The number of hydrogen-bond acceptors (Lipinski definition) is 4. The zero-order valence-corrected chi connectivity index (χ0v) is 11.9. The van der Waals surface area contributed by atoms with Gasteiger partial charge in [0.1, 0.15) is 11.9 Å². The number of ether oxygens (including phenoxy) is 1. The largest absolute Gasteiger partial charge is 0.487 e. The number of hydrogen-bond donors (Lipinski definition) is 0. The quantitative estimate of drug-likeness (QED) is 0.631. The second kappa shape index (κ2) is 5.48. The van der Waals surface area contributed by atoms with Gasteiger partial charge in [-0.2, -0.15) is 0 Å². The molecule has 6 nitrogen and oxygen atoms in total. The van der Waals surface area contributed by atoms with Gasteiger partial charge in [0.2, 0.25) is 0 Å². The standard InChI is InChI=1S/C16H14N2O4/c1-11-10-17(14-4-2-3-5-15(14)22-11)16(19)12-6-8-13(9-7-12)18(20)21/h2-9,11H,10H2,1H3/t11-/m1/s1. The summed E-state index contributed by atoms with van der Waals surface area (Å²) in [7, 11) is 0. The van der Waals surface area contributed by atoms with E-state index in [1.54, 1.807) is 4.90 Å². The Morgan fingerprint density at radius 1 is 1.23 bits per heavy atom. The molecule has 0 N–H and O–H groups in total. The van der Waals surface area contributed by atoms with Gasteiger partial charge in [0.05, 0.1) is 17.2 Å². The lowest BCUT2D eigenvalue weighted by Crippen LogP contribution is -2.42. The molecule has 6 heteroatoms. The van der Waals surface area contributed by atoms with E-state index in [1.165, 1.54) is 24.3 Å². The average Bonchev–Trinajstić information content (AvgIpc) is 2.53. The Balaban J connectivity index is 1.93. The Hall–Kier alpha value is -2.89. The number of carbonyl (C=O) groups is 1. The molecule has 0 unspecified atom stereocenters. The van der Waals surface area contributed by atoms with E-state index in [4.69, 9.17) is 4.74 Å². The van der Waals surface area contributed by atoms with Crippen LogP contribution in [0.3, 0.4) is 0 Å². The fraction of sp³-hybridized carbons (Fsp3) is 0.188. The Morgan fingerprint density at radius 3 is 2.59 bits per heavy atom. The molecule has 0 fully saturated rings. The first-order chi connectivity index (χ1) is 10.6. The van der Waals surface area contributed by atoms with Crippen LogP contribution in [0.15, 0.2) is 48.5 Å². The summed E-state index contributed by atoms with van der Waals surface area (Å²) in [6, 6.07) is 13.0. The van der Waals surface area contributed by atoms with E-state index in [9.17, 15) is 14.9 Å². The monoisotopic (exact) mass is 298 g/mol. The molecule has 0 saturated carbocycles. The molecule has 1 aliphatic rings. The van der Waals surface area contributed by atoms with Gasteiger partial charge in [0, 0.05) is 17.7 Å². The summed E-state index contributed by atoms with van der Waals surface area (Å²) < 4.78 is 5.72. The summed E-state index contributed by atoms with van der Waals surface area (Å²) >= 11 is 0. The van der Waals surface area contributed by atoms with Crippen LogP contribution in [-0.2, 0) is 0 Å². The molecule has 0 spiro atoms. The fourth-order valence-corrected chi connectivity index (χ4v) is 2.46. The van der Waals surface area contributed by atoms with Crippen molar-refractivity contribution in [2.45, 2.75) is 13.0 Å². The number of benzene rings is 2. The molecule has 0 saturated heterocycles. The molecule has 1 heterocycles. The second-order valence-corrected chi connectivity index (χ2v) is 5.12. The number of anilines is 1. The van der Waals surface area contributed by atoms with Crippen molar-refractivity contribution >= 4 is 17.3 Å². The smallest absolute Gasteiger partial charge is 0.269 e. The number of para-hydroxylation sites is 2. The highest BCUT2D eigenvalue weighted by atomic mass is 16.6. The highest BCUT2D eigenvalue weighted by Gasteiger charge is 2.28. The molecule has 0 bridgehead atoms. The third kappa shape index (κ3) is 2.50. The van der Waals surface area contributed by atoms with Gasteiger partial charge in [0.25, 0.3) is 11.6 Å². The lowest BCUT2D eigenvalue weighted by atomic mass is 10.1. The molecular formula is C16H14N2O4. The molecule has 3 rings (SSSR count). The molecule has 22 heavy (non-hydrogen) atoms. The third-order valence-corrected chi connectivity index (χ3v) is 3.49. The molecule has 1 aliphatic heterocycles. The average molecular weight is 298 g/mol. The lowest BCUT2D eigenvalue weighted by Gasteiger charge is -2.33. The van der Waals surface area contributed by atoms with Crippen LogP contribution >= 0.6 is 0 Å². The topological polar surface area (TPSA) is 72.7 Å². The van der Waals surface area contributed by atoms with Crippen molar-refractivity contribution in [3.8, 4) is 5.75 Å². The SMILES string of the molecule is C[C@@H]1CN(C(=O)c2ccc([N+](=O)[O-])cc2)c2ccccc2O1. The van der Waals surface area contributed by atoms with Gasteiger partial charge in [0.15, 0.2) is 0 Å². The van der Waals surface area contributed by atoms with Crippen LogP contribution in [0.1, 0.15) is 17.3 Å². The number of carbonyl (C=O) groups excluding carboxylic acids is 1. The van der Waals surface area contributed by atoms with E-state index >= 15 is 0 Å². The molecular weight excluding hydrogens is 284 g/mol.